The molecule has 1 saturated carbocycles. The molecule has 2 aliphatic rings. The Morgan fingerprint density at radius 3 is 2.42 bits per heavy atom. The van der Waals surface area contributed by atoms with Crippen molar-refractivity contribution >= 4 is 16.6 Å². The average Bonchev–Trinajstić information content (AvgIpc) is 3.59. The van der Waals surface area contributed by atoms with Crippen LogP contribution >= 0.6 is 0 Å². The number of aryl methyl sites for hydroxylation is 4. The van der Waals surface area contributed by atoms with Gasteiger partial charge in [0.25, 0.3) is 5.56 Å². The number of pyridine rings is 1. The minimum absolute atomic E-state index is 0.0644. The first-order chi connectivity index (χ1) is 18.4. The van der Waals surface area contributed by atoms with Crippen molar-refractivity contribution in [2.75, 3.05) is 31.1 Å². The molecule has 1 saturated heterocycles. The third-order valence-electron chi connectivity index (χ3n) is 8.45. The molecule has 1 unspecified atom stereocenters. The molecule has 1 atom stereocenters. The highest BCUT2D eigenvalue weighted by Gasteiger charge is 2.35. The van der Waals surface area contributed by atoms with Gasteiger partial charge in [0.1, 0.15) is 6.04 Å². The molecule has 2 aromatic heterocycles. The van der Waals surface area contributed by atoms with Crippen molar-refractivity contribution in [3.63, 3.8) is 0 Å². The zero-order valence-corrected chi connectivity index (χ0v) is 22.9. The summed E-state index contributed by atoms with van der Waals surface area (Å²) < 4.78 is 2.01. The Hall–Kier alpha value is -3.52. The number of H-pyrrole nitrogens is 1. The first-order valence-electron chi connectivity index (χ1n) is 13.9. The minimum atomic E-state index is -0.305. The second-order valence-corrected chi connectivity index (χ2v) is 11.2. The lowest BCUT2D eigenvalue weighted by Gasteiger charge is -2.40. The van der Waals surface area contributed by atoms with Crippen LogP contribution in [-0.2, 0) is 0 Å². The highest BCUT2D eigenvalue weighted by Crippen LogP contribution is 2.35. The smallest absolute Gasteiger partial charge is 0.253 e. The number of piperazine rings is 1. The fourth-order valence-electron chi connectivity index (χ4n) is 6.46. The van der Waals surface area contributed by atoms with E-state index in [0.29, 0.717) is 6.04 Å². The van der Waals surface area contributed by atoms with Crippen LogP contribution in [0.2, 0.25) is 0 Å². The Morgan fingerprint density at radius 2 is 1.66 bits per heavy atom. The standard InChI is InChI=1S/C30H37N7O/c1-19-9-10-21(3)27(17-19)35-11-13-36(14-12-35)28(29-32-33-34-37(29)23-7-5-6-8-23)25-18-24-22(4)15-20(2)16-26(24)31-30(25)38/h9-10,15-18,23,28H,5-8,11-14H2,1-4H3,(H,31,38). The summed E-state index contributed by atoms with van der Waals surface area (Å²) in [5, 5.41) is 14.2. The molecule has 198 valence electrons. The van der Waals surface area contributed by atoms with E-state index in [1.54, 1.807) is 0 Å². The average molecular weight is 512 g/mol. The van der Waals surface area contributed by atoms with Crippen LogP contribution in [0.4, 0.5) is 5.69 Å². The Labute approximate surface area is 223 Å². The maximum atomic E-state index is 13.7. The van der Waals surface area contributed by atoms with Crippen molar-refractivity contribution in [1.82, 2.24) is 30.1 Å². The maximum Gasteiger partial charge on any atom is 0.253 e. The number of anilines is 1. The van der Waals surface area contributed by atoms with E-state index in [4.69, 9.17) is 0 Å². The number of nitrogens with zero attached hydrogens (tertiary/aromatic N) is 6. The van der Waals surface area contributed by atoms with Gasteiger partial charge in [-0.15, -0.1) is 5.10 Å². The highest BCUT2D eigenvalue weighted by molar-refractivity contribution is 5.83. The van der Waals surface area contributed by atoms with E-state index in [0.717, 1.165) is 72.4 Å². The molecule has 8 nitrogen and oxygen atoms in total. The number of fused-ring (bicyclic) bond motifs is 1. The van der Waals surface area contributed by atoms with Crippen LogP contribution in [0.15, 0.2) is 41.2 Å². The molecule has 3 heterocycles. The number of nitrogens with one attached hydrogen (secondary N) is 1. The second kappa shape index (κ2) is 9.98. The van der Waals surface area contributed by atoms with E-state index >= 15 is 0 Å². The number of aromatic nitrogens is 5. The van der Waals surface area contributed by atoms with Crippen LogP contribution in [0, 0.1) is 27.7 Å². The first-order valence-corrected chi connectivity index (χ1v) is 13.9. The van der Waals surface area contributed by atoms with Gasteiger partial charge < -0.3 is 9.88 Å². The van der Waals surface area contributed by atoms with Gasteiger partial charge in [-0.2, -0.15) is 0 Å². The molecule has 0 amide bonds. The molecule has 2 aromatic carbocycles. The summed E-state index contributed by atoms with van der Waals surface area (Å²) in [6, 6.07) is 12.9. The van der Waals surface area contributed by atoms with Gasteiger partial charge in [-0.25, -0.2) is 4.68 Å². The summed E-state index contributed by atoms with van der Waals surface area (Å²) in [6.07, 6.45) is 4.55. The molecule has 0 spiro atoms. The maximum absolute atomic E-state index is 13.7. The molecule has 2 fully saturated rings. The molecule has 0 bridgehead atoms. The Kier molecular flexibility index (Phi) is 6.51. The number of hydrogen-bond acceptors (Lipinski definition) is 6. The summed E-state index contributed by atoms with van der Waals surface area (Å²) in [4.78, 5) is 21.7. The lowest BCUT2D eigenvalue weighted by atomic mass is 9.99. The van der Waals surface area contributed by atoms with E-state index in [9.17, 15) is 4.79 Å². The van der Waals surface area contributed by atoms with Crippen LogP contribution in [0.1, 0.15) is 71.4 Å². The van der Waals surface area contributed by atoms with Gasteiger partial charge in [-0.3, -0.25) is 9.69 Å². The summed E-state index contributed by atoms with van der Waals surface area (Å²) in [5.41, 5.74) is 7.70. The molecule has 1 aliphatic carbocycles. The van der Waals surface area contributed by atoms with Gasteiger partial charge in [0.2, 0.25) is 0 Å². The monoisotopic (exact) mass is 511 g/mol. The SMILES string of the molecule is Cc1ccc(C)c(N2CCN(C(c3cc4c(C)cc(C)cc4[nH]c3=O)c3nnnn3C3CCCC3)CC2)c1. The molecule has 1 N–H and O–H groups in total. The van der Waals surface area contributed by atoms with E-state index in [-0.39, 0.29) is 11.6 Å². The highest BCUT2D eigenvalue weighted by atomic mass is 16.1. The Bertz CT molecular complexity index is 1520. The van der Waals surface area contributed by atoms with Gasteiger partial charge in [0, 0.05) is 48.3 Å². The largest absolute Gasteiger partial charge is 0.369 e. The topological polar surface area (TPSA) is 82.9 Å². The van der Waals surface area contributed by atoms with E-state index < -0.39 is 0 Å². The summed E-state index contributed by atoms with van der Waals surface area (Å²) >= 11 is 0. The Balaban J connectivity index is 1.41. The van der Waals surface area contributed by atoms with Crippen molar-refractivity contribution < 1.29 is 0 Å². The van der Waals surface area contributed by atoms with Gasteiger partial charge in [-0.1, -0.05) is 31.0 Å². The lowest BCUT2D eigenvalue weighted by molar-refractivity contribution is 0.196. The fraction of sp³-hybridized carbons (Fsp3) is 0.467. The second-order valence-electron chi connectivity index (χ2n) is 11.2. The van der Waals surface area contributed by atoms with E-state index in [1.807, 2.05) is 10.7 Å². The van der Waals surface area contributed by atoms with Gasteiger partial charge in [0.15, 0.2) is 5.82 Å². The predicted octanol–water partition coefficient (Wildman–Crippen LogP) is 4.77. The number of hydrogen-bond donors (Lipinski definition) is 1. The van der Waals surface area contributed by atoms with Gasteiger partial charge in [0.05, 0.1) is 6.04 Å². The van der Waals surface area contributed by atoms with Crippen molar-refractivity contribution in [3.05, 3.63) is 80.4 Å². The van der Waals surface area contributed by atoms with Gasteiger partial charge in [-0.05, 0) is 91.4 Å². The summed E-state index contributed by atoms with van der Waals surface area (Å²) in [5.74, 6) is 0.784. The molecular weight excluding hydrogens is 474 g/mol. The van der Waals surface area contributed by atoms with Crippen LogP contribution in [0.25, 0.3) is 10.9 Å². The molecule has 0 radical (unpaired) electrons. The van der Waals surface area contributed by atoms with E-state index in [2.05, 4.69) is 88.3 Å². The molecule has 4 aromatic rings. The number of aromatic amines is 1. The van der Waals surface area contributed by atoms with Crippen LogP contribution in [-0.4, -0.2) is 56.3 Å². The molecule has 1 aliphatic heterocycles. The van der Waals surface area contributed by atoms with Crippen molar-refractivity contribution in [2.45, 2.75) is 65.5 Å². The van der Waals surface area contributed by atoms with Gasteiger partial charge >= 0.3 is 0 Å². The molecule has 6 rings (SSSR count). The third kappa shape index (κ3) is 4.51. The predicted molar refractivity (Wildman–Crippen MR) is 151 cm³/mol. The summed E-state index contributed by atoms with van der Waals surface area (Å²) in [6.45, 7) is 11.9. The lowest BCUT2D eigenvalue weighted by Crippen LogP contribution is -2.49. The molecule has 8 heteroatoms. The first kappa shape index (κ1) is 24.8. The van der Waals surface area contributed by atoms with E-state index in [1.165, 1.54) is 29.7 Å². The third-order valence-corrected chi connectivity index (χ3v) is 8.45. The minimum Gasteiger partial charge on any atom is -0.369 e. The van der Waals surface area contributed by atoms with Crippen molar-refractivity contribution in [3.8, 4) is 0 Å². The normalized spacial score (nSPS) is 17.9. The van der Waals surface area contributed by atoms with Crippen LogP contribution in [0.5, 0.6) is 0 Å². The molecular formula is C30H37N7O. The quantitative estimate of drug-likeness (QED) is 0.415. The number of rotatable bonds is 5. The van der Waals surface area contributed by atoms with Crippen molar-refractivity contribution in [2.24, 2.45) is 0 Å². The zero-order chi connectivity index (χ0) is 26.4. The Morgan fingerprint density at radius 1 is 0.895 bits per heavy atom. The number of tetrazole rings is 1. The summed E-state index contributed by atoms with van der Waals surface area (Å²) in [7, 11) is 0. The van der Waals surface area contributed by atoms with Crippen LogP contribution in [0.3, 0.4) is 0 Å². The van der Waals surface area contributed by atoms with Crippen LogP contribution < -0.4 is 10.5 Å². The fourth-order valence-corrected chi connectivity index (χ4v) is 6.46. The van der Waals surface area contributed by atoms with Crippen molar-refractivity contribution in [1.29, 1.82) is 0 Å². The molecule has 38 heavy (non-hydrogen) atoms. The zero-order valence-electron chi connectivity index (χ0n) is 22.9. The number of benzene rings is 2.